The van der Waals surface area contributed by atoms with Gasteiger partial charge >= 0.3 is 6.18 Å². The fourth-order valence-electron chi connectivity index (χ4n) is 4.24. The van der Waals surface area contributed by atoms with E-state index in [0.717, 1.165) is 28.8 Å². The Labute approximate surface area is 207 Å². The number of ether oxygens (including phenoxy) is 3. The highest BCUT2D eigenvalue weighted by Crippen LogP contribution is 2.39. The highest BCUT2D eigenvalue weighted by Gasteiger charge is 2.33. The van der Waals surface area contributed by atoms with E-state index >= 15 is 0 Å². The third-order valence-electron chi connectivity index (χ3n) is 6.07. The lowest BCUT2D eigenvalue weighted by Crippen LogP contribution is -2.41. The topological polar surface area (TPSA) is 48.0 Å². The summed E-state index contributed by atoms with van der Waals surface area (Å²) >= 11 is 0. The van der Waals surface area contributed by atoms with Crippen LogP contribution < -0.4 is 14.2 Å². The molecule has 0 spiro atoms. The minimum absolute atomic E-state index is 0.0330. The summed E-state index contributed by atoms with van der Waals surface area (Å²) in [6.45, 7) is 0.381. The first-order valence-corrected chi connectivity index (χ1v) is 11.4. The van der Waals surface area contributed by atoms with Gasteiger partial charge in [0, 0.05) is 12.6 Å². The van der Waals surface area contributed by atoms with Gasteiger partial charge in [-0.2, -0.15) is 13.2 Å². The van der Waals surface area contributed by atoms with Crippen molar-refractivity contribution in [1.29, 1.82) is 0 Å². The van der Waals surface area contributed by atoms with Gasteiger partial charge in [-0.25, -0.2) is 0 Å². The summed E-state index contributed by atoms with van der Waals surface area (Å²) in [7, 11) is 3.07. The van der Waals surface area contributed by atoms with Crippen LogP contribution >= 0.6 is 0 Å². The van der Waals surface area contributed by atoms with Gasteiger partial charge in [0.15, 0.2) is 11.5 Å². The Bertz CT molecular complexity index is 1240. The molecular formula is C28H26F3NO4. The van der Waals surface area contributed by atoms with Crippen molar-refractivity contribution in [3.63, 3.8) is 0 Å². The highest BCUT2D eigenvalue weighted by molar-refractivity contribution is 5.92. The van der Waals surface area contributed by atoms with Crippen molar-refractivity contribution in [2.45, 2.75) is 18.6 Å². The quantitative estimate of drug-likeness (QED) is 0.379. The number of carbonyl (C=O) groups is 1. The summed E-state index contributed by atoms with van der Waals surface area (Å²) < 4.78 is 56.2. The van der Waals surface area contributed by atoms with Gasteiger partial charge < -0.3 is 19.1 Å². The number of alkyl halides is 3. The first kappa shape index (κ1) is 25.2. The molecule has 188 valence electrons. The number of fused-ring (bicyclic) bond motifs is 1. The fourth-order valence-corrected chi connectivity index (χ4v) is 4.24. The van der Waals surface area contributed by atoms with Gasteiger partial charge in [0.2, 0.25) is 5.91 Å². The SMILES string of the molecule is COc1cc2c(cc1OC)C(COc1cccc(C(F)(F)F)c1)N(C(=O)/C=C/c1ccccc1)CC2. The monoisotopic (exact) mass is 497 g/mol. The molecule has 1 aliphatic heterocycles. The van der Waals surface area contributed by atoms with Gasteiger partial charge in [0.25, 0.3) is 0 Å². The molecule has 3 aromatic rings. The van der Waals surface area contributed by atoms with E-state index in [2.05, 4.69) is 0 Å². The smallest absolute Gasteiger partial charge is 0.416 e. The van der Waals surface area contributed by atoms with Gasteiger partial charge in [0.05, 0.1) is 25.8 Å². The van der Waals surface area contributed by atoms with Crippen LogP contribution in [0.1, 0.15) is 28.3 Å². The first-order valence-electron chi connectivity index (χ1n) is 11.4. The van der Waals surface area contributed by atoms with Crippen molar-refractivity contribution in [3.05, 3.63) is 95.1 Å². The first-order chi connectivity index (χ1) is 17.3. The predicted octanol–water partition coefficient (Wildman–Crippen LogP) is 5.94. The third kappa shape index (κ3) is 5.64. The molecule has 4 rings (SSSR count). The Morgan fingerprint density at radius 1 is 1.00 bits per heavy atom. The zero-order valence-corrected chi connectivity index (χ0v) is 19.9. The van der Waals surface area contributed by atoms with Crippen LogP contribution in [0.3, 0.4) is 0 Å². The van der Waals surface area contributed by atoms with Gasteiger partial charge in [0.1, 0.15) is 12.4 Å². The highest BCUT2D eigenvalue weighted by atomic mass is 19.4. The lowest BCUT2D eigenvalue weighted by atomic mass is 9.92. The van der Waals surface area contributed by atoms with Crippen LogP contribution in [-0.4, -0.2) is 38.2 Å². The molecule has 0 aliphatic carbocycles. The van der Waals surface area contributed by atoms with Crippen molar-refractivity contribution in [2.75, 3.05) is 27.4 Å². The Balaban J connectivity index is 1.65. The molecule has 0 radical (unpaired) electrons. The Hall–Kier alpha value is -3.94. The van der Waals surface area contributed by atoms with E-state index in [1.807, 2.05) is 36.4 Å². The molecule has 0 aromatic heterocycles. The molecule has 36 heavy (non-hydrogen) atoms. The maximum absolute atomic E-state index is 13.2. The van der Waals surface area contributed by atoms with Crippen molar-refractivity contribution in [1.82, 2.24) is 4.90 Å². The Morgan fingerprint density at radius 2 is 1.72 bits per heavy atom. The number of amides is 1. The van der Waals surface area contributed by atoms with E-state index in [1.165, 1.54) is 25.3 Å². The standard InChI is InChI=1S/C28H26F3NO4/c1-34-25-15-20-13-14-32(27(33)12-11-19-7-4-3-5-8-19)24(23(20)17-26(25)35-2)18-36-22-10-6-9-21(16-22)28(29,30)31/h3-12,15-17,24H,13-14,18H2,1-2H3/b12-11+. The Morgan fingerprint density at radius 3 is 2.42 bits per heavy atom. The lowest BCUT2D eigenvalue weighted by Gasteiger charge is -2.37. The molecule has 1 atom stereocenters. The second-order valence-corrected chi connectivity index (χ2v) is 8.28. The predicted molar refractivity (Wildman–Crippen MR) is 130 cm³/mol. The normalized spacial score (nSPS) is 15.5. The molecule has 1 heterocycles. The van der Waals surface area contributed by atoms with Crippen molar-refractivity contribution < 1.29 is 32.2 Å². The van der Waals surface area contributed by atoms with Gasteiger partial charge in [-0.05, 0) is 59.5 Å². The van der Waals surface area contributed by atoms with Crippen LogP contribution in [0.2, 0.25) is 0 Å². The lowest BCUT2D eigenvalue weighted by molar-refractivity contribution is -0.137. The van der Waals surface area contributed by atoms with E-state index in [0.29, 0.717) is 24.5 Å². The number of hydrogen-bond acceptors (Lipinski definition) is 4. The molecule has 5 nitrogen and oxygen atoms in total. The molecular weight excluding hydrogens is 471 g/mol. The summed E-state index contributed by atoms with van der Waals surface area (Å²) in [6.07, 6.45) is -0.666. The van der Waals surface area contributed by atoms with Crippen molar-refractivity contribution in [3.8, 4) is 17.2 Å². The summed E-state index contributed by atoms with van der Waals surface area (Å²) in [5.41, 5.74) is 1.84. The van der Waals surface area contributed by atoms with E-state index in [9.17, 15) is 18.0 Å². The molecule has 0 saturated heterocycles. The van der Waals surface area contributed by atoms with E-state index < -0.39 is 17.8 Å². The van der Waals surface area contributed by atoms with Crippen LogP contribution in [0, 0.1) is 0 Å². The van der Waals surface area contributed by atoms with E-state index in [4.69, 9.17) is 14.2 Å². The zero-order chi connectivity index (χ0) is 25.7. The molecule has 1 amide bonds. The molecule has 0 fully saturated rings. The molecule has 1 aliphatic rings. The maximum atomic E-state index is 13.2. The number of carbonyl (C=O) groups excluding carboxylic acids is 1. The second kappa shape index (κ2) is 10.8. The Kier molecular flexibility index (Phi) is 7.52. The second-order valence-electron chi connectivity index (χ2n) is 8.28. The minimum atomic E-state index is -4.48. The molecule has 8 heteroatoms. The average Bonchev–Trinajstić information content (AvgIpc) is 2.89. The number of nitrogens with zero attached hydrogens (tertiary/aromatic N) is 1. The molecule has 0 bridgehead atoms. The number of methoxy groups -OCH3 is 2. The molecule has 3 aromatic carbocycles. The number of rotatable bonds is 7. The van der Waals surface area contributed by atoms with Gasteiger partial charge in [-0.15, -0.1) is 0 Å². The summed E-state index contributed by atoms with van der Waals surface area (Å²) in [5, 5.41) is 0. The van der Waals surface area contributed by atoms with Crippen molar-refractivity contribution in [2.24, 2.45) is 0 Å². The summed E-state index contributed by atoms with van der Waals surface area (Å²) in [4.78, 5) is 14.9. The van der Waals surface area contributed by atoms with Crippen LogP contribution in [0.5, 0.6) is 17.2 Å². The van der Waals surface area contributed by atoms with Crippen LogP contribution in [-0.2, 0) is 17.4 Å². The fraction of sp³-hybridized carbons (Fsp3) is 0.250. The number of halogens is 3. The number of hydrogen-bond donors (Lipinski definition) is 0. The summed E-state index contributed by atoms with van der Waals surface area (Å²) in [6, 6.07) is 17.3. The zero-order valence-electron chi connectivity index (χ0n) is 19.9. The van der Waals surface area contributed by atoms with Gasteiger partial charge in [-0.1, -0.05) is 36.4 Å². The number of benzene rings is 3. The van der Waals surface area contributed by atoms with Crippen LogP contribution in [0.15, 0.2) is 72.8 Å². The molecule has 1 unspecified atom stereocenters. The molecule has 0 saturated carbocycles. The third-order valence-corrected chi connectivity index (χ3v) is 6.07. The maximum Gasteiger partial charge on any atom is 0.416 e. The van der Waals surface area contributed by atoms with Crippen LogP contribution in [0.4, 0.5) is 13.2 Å². The largest absolute Gasteiger partial charge is 0.493 e. The van der Waals surface area contributed by atoms with E-state index in [-0.39, 0.29) is 18.3 Å². The average molecular weight is 498 g/mol. The summed E-state index contributed by atoms with van der Waals surface area (Å²) in [5.74, 6) is 0.911. The van der Waals surface area contributed by atoms with Crippen LogP contribution in [0.25, 0.3) is 6.08 Å². The minimum Gasteiger partial charge on any atom is -0.493 e. The molecule has 0 N–H and O–H groups in total. The van der Waals surface area contributed by atoms with Gasteiger partial charge in [-0.3, -0.25) is 4.79 Å². The van der Waals surface area contributed by atoms with Crippen molar-refractivity contribution >= 4 is 12.0 Å². The van der Waals surface area contributed by atoms with E-state index in [1.54, 1.807) is 24.2 Å².